The zero-order valence-electron chi connectivity index (χ0n) is 20.2. The Labute approximate surface area is 211 Å². The maximum Gasteiger partial charge on any atom is 0.246 e. The molecule has 3 aromatic rings. The molecule has 2 unspecified atom stereocenters. The number of carbonyl (C=O) groups excluding carboxylic acids is 2. The van der Waals surface area contributed by atoms with Gasteiger partial charge >= 0.3 is 0 Å². The maximum atomic E-state index is 14.1. The SMILES string of the molecule is O=C1CC(c2ccc3c(c2)OCO3)N1C1(C(=O)NC(Cc2ccccc2)c2ccccc2)CCCC1. The largest absolute Gasteiger partial charge is 0.454 e. The molecule has 184 valence electrons. The van der Waals surface area contributed by atoms with Crippen molar-refractivity contribution in [3.63, 3.8) is 0 Å². The molecule has 2 amide bonds. The van der Waals surface area contributed by atoms with Crippen LogP contribution in [-0.2, 0) is 16.0 Å². The first-order chi connectivity index (χ1) is 17.6. The fourth-order valence-electron chi connectivity index (χ4n) is 5.96. The molecule has 3 aromatic carbocycles. The van der Waals surface area contributed by atoms with Gasteiger partial charge in [-0.1, -0.05) is 79.6 Å². The highest BCUT2D eigenvalue weighted by Crippen LogP contribution is 2.49. The molecule has 1 saturated heterocycles. The Kier molecular flexibility index (Phi) is 5.88. The molecule has 0 spiro atoms. The number of carbonyl (C=O) groups is 2. The number of fused-ring (bicyclic) bond motifs is 1. The average molecular weight is 483 g/mol. The molecule has 6 heteroatoms. The molecule has 2 heterocycles. The van der Waals surface area contributed by atoms with Gasteiger partial charge in [-0.2, -0.15) is 0 Å². The van der Waals surface area contributed by atoms with E-state index in [0.29, 0.717) is 31.4 Å². The van der Waals surface area contributed by atoms with Gasteiger partial charge in [-0.3, -0.25) is 9.59 Å². The lowest BCUT2D eigenvalue weighted by atomic mass is 9.82. The van der Waals surface area contributed by atoms with Gasteiger partial charge in [0.25, 0.3) is 0 Å². The molecule has 3 aliphatic rings. The molecule has 6 nitrogen and oxygen atoms in total. The molecule has 1 aliphatic carbocycles. The number of hydrogen-bond donors (Lipinski definition) is 1. The molecule has 2 aliphatic heterocycles. The first-order valence-corrected chi connectivity index (χ1v) is 12.8. The summed E-state index contributed by atoms with van der Waals surface area (Å²) < 4.78 is 11.0. The van der Waals surface area contributed by atoms with Crippen LogP contribution in [0.25, 0.3) is 0 Å². The number of likely N-dealkylation sites (tertiary alicyclic amines) is 1. The molecule has 6 rings (SSSR count). The summed E-state index contributed by atoms with van der Waals surface area (Å²) in [6, 6.07) is 25.8. The molecule has 1 N–H and O–H groups in total. The first kappa shape index (κ1) is 22.7. The summed E-state index contributed by atoms with van der Waals surface area (Å²) >= 11 is 0. The summed E-state index contributed by atoms with van der Waals surface area (Å²) in [4.78, 5) is 29.1. The Hall–Kier alpha value is -3.80. The van der Waals surface area contributed by atoms with E-state index in [1.165, 1.54) is 0 Å². The predicted molar refractivity (Wildman–Crippen MR) is 135 cm³/mol. The van der Waals surface area contributed by atoms with Gasteiger partial charge in [0.15, 0.2) is 11.5 Å². The van der Waals surface area contributed by atoms with E-state index >= 15 is 0 Å². The lowest BCUT2D eigenvalue weighted by molar-refractivity contribution is -0.165. The van der Waals surface area contributed by atoms with Crippen molar-refractivity contribution in [2.45, 2.75) is 56.1 Å². The highest BCUT2D eigenvalue weighted by Gasteiger charge is 2.56. The van der Waals surface area contributed by atoms with Crippen molar-refractivity contribution in [2.24, 2.45) is 0 Å². The van der Waals surface area contributed by atoms with Crippen molar-refractivity contribution in [3.8, 4) is 11.5 Å². The van der Waals surface area contributed by atoms with Gasteiger partial charge in [-0.15, -0.1) is 0 Å². The monoisotopic (exact) mass is 482 g/mol. The summed E-state index contributed by atoms with van der Waals surface area (Å²) in [5.74, 6) is 1.40. The molecular weight excluding hydrogens is 452 g/mol. The van der Waals surface area contributed by atoms with Crippen LogP contribution in [0.3, 0.4) is 0 Å². The van der Waals surface area contributed by atoms with Crippen molar-refractivity contribution in [1.82, 2.24) is 10.2 Å². The zero-order chi connectivity index (χ0) is 24.5. The highest BCUT2D eigenvalue weighted by atomic mass is 16.7. The zero-order valence-corrected chi connectivity index (χ0v) is 20.2. The second-order valence-corrected chi connectivity index (χ2v) is 9.96. The van der Waals surface area contributed by atoms with E-state index in [0.717, 1.165) is 35.3 Å². The average Bonchev–Trinajstić information content (AvgIpc) is 3.58. The summed E-state index contributed by atoms with van der Waals surface area (Å²) in [5, 5.41) is 3.37. The molecule has 0 aromatic heterocycles. The Bertz CT molecular complexity index is 1250. The van der Waals surface area contributed by atoms with Crippen molar-refractivity contribution < 1.29 is 19.1 Å². The van der Waals surface area contributed by atoms with Crippen molar-refractivity contribution in [1.29, 1.82) is 0 Å². The normalized spacial score (nSPS) is 20.6. The van der Waals surface area contributed by atoms with Gasteiger partial charge < -0.3 is 19.7 Å². The third-order valence-electron chi connectivity index (χ3n) is 7.83. The highest BCUT2D eigenvalue weighted by molar-refractivity contribution is 5.95. The van der Waals surface area contributed by atoms with Gasteiger partial charge in [0, 0.05) is 0 Å². The van der Waals surface area contributed by atoms with E-state index < -0.39 is 5.54 Å². The Balaban J connectivity index is 1.29. The van der Waals surface area contributed by atoms with Crippen LogP contribution in [-0.4, -0.2) is 29.0 Å². The van der Waals surface area contributed by atoms with Gasteiger partial charge in [0.05, 0.1) is 18.5 Å². The minimum atomic E-state index is -0.833. The van der Waals surface area contributed by atoms with Crippen molar-refractivity contribution in [2.75, 3.05) is 6.79 Å². The first-order valence-electron chi connectivity index (χ1n) is 12.8. The summed E-state index contributed by atoms with van der Waals surface area (Å²) in [7, 11) is 0. The van der Waals surface area contributed by atoms with Crippen LogP contribution >= 0.6 is 0 Å². The lowest BCUT2D eigenvalue weighted by Gasteiger charge is -2.51. The Morgan fingerprint density at radius 2 is 1.64 bits per heavy atom. The molecule has 1 saturated carbocycles. The second kappa shape index (κ2) is 9.34. The molecule has 0 bridgehead atoms. The number of benzene rings is 3. The van der Waals surface area contributed by atoms with Crippen LogP contribution in [0.1, 0.15) is 60.9 Å². The summed E-state index contributed by atoms with van der Waals surface area (Å²) in [5.41, 5.74) is 2.37. The summed E-state index contributed by atoms with van der Waals surface area (Å²) in [6.07, 6.45) is 4.31. The van der Waals surface area contributed by atoms with Crippen LogP contribution in [0.4, 0.5) is 0 Å². The number of amides is 2. The maximum absolute atomic E-state index is 14.1. The van der Waals surface area contributed by atoms with Crippen LogP contribution in [0, 0.1) is 0 Å². The topological polar surface area (TPSA) is 67.9 Å². The van der Waals surface area contributed by atoms with E-state index in [4.69, 9.17) is 9.47 Å². The van der Waals surface area contributed by atoms with Crippen LogP contribution in [0.5, 0.6) is 11.5 Å². The number of rotatable bonds is 7. The third-order valence-corrected chi connectivity index (χ3v) is 7.83. The summed E-state index contributed by atoms with van der Waals surface area (Å²) in [6.45, 7) is 0.209. The number of β-lactam (4-membered cyclic amide) rings is 1. The third kappa shape index (κ3) is 4.00. The Morgan fingerprint density at radius 1 is 0.944 bits per heavy atom. The number of nitrogens with one attached hydrogen (secondary N) is 1. The van der Waals surface area contributed by atoms with Gasteiger partial charge in [-0.05, 0) is 48.1 Å². The molecule has 36 heavy (non-hydrogen) atoms. The van der Waals surface area contributed by atoms with Crippen molar-refractivity contribution in [3.05, 3.63) is 95.6 Å². The lowest BCUT2D eigenvalue weighted by Crippen LogP contribution is -2.65. The van der Waals surface area contributed by atoms with E-state index in [9.17, 15) is 9.59 Å². The minimum absolute atomic E-state index is 0.0361. The van der Waals surface area contributed by atoms with Crippen molar-refractivity contribution >= 4 is 11.8 Å². The van der Waals surface area contributed by atoms with Gasteiger partial charge in [0.2, 0.25) is 18.6 Å². The van der Waals surface area contributed by atoms with E-state index in [2.05, 4.69) is 29.6 Å². The predicted octanol–water partition coefficient (Wildman–Crippen LogP) is 5.10. The second-order valence-electron chi connectivity index (χ2n) is 9.96. The standard InChI is InChI=1S/C30H30N2O4/c33-28-19-25(23-13-14-26-27(18-23)36-20-35-26)32(28)30(15-7-8-16-30)29(34)31-24(22-11-5-2-6-12-22)17-21-9-3-1-4-10-21/h1-6,9-14,18,24-25H,7-8,15-17,19-20H2,(H,31,34). The fourth-order valence-corrected chi connectivity index (χ4v) is 5.96. The minimum Gasteiger partial charge on any atom is -0.454 e. The Morgan fingerprint density at radius 3 is 2.36 bits per heavy atom. The van der Waals surface area contributed by atoms with E-state index in [1.807, 2.05) is 59.5 Å². The van der Waals surface area contributed by atoms with Gasteiger partial charge in [-0.25, -0.2) is 0 Å². The number of ether oxygens (including phenoxy) is 2. The van der Waals surface area contributed by atoms with Crippen LogP contribution in [0.15, 0.2) is 78.9 Å². The molecule has 2 atom stereocenters. The fraction of sp³-hybridized carbons (Fsp3) is 0.333. The van der Waals surface area contributed by atoms with Crippen LogP contribution < -0.4 is 14.8 Å². The smallest absolute Gasteiger partial charge is 0.246 e. The molecule has 2 fully saturated rings. The van der Waals surface area contributed by atoms with E-state index in [-0.39, 0.29) is 30.7 Å². The van der Waals surface area contributed by atoms with E-state index in [1.54, 1.807) is 0 Å². The van der Waals surface area contributed by atoms with Gasteiger partial charge in [0.1, 0.15) is 5.54 Å². The quantitative estimate of drug-likeness (QED) is 0.476. The van der Waals surface area contributed by atoms with Crippen LogP contribution in [0.2, 0.25) is 0 Å². The molecule has 0 radical (unpaired) electrons. The number of hydrogen-bond acceptors (Lipinski definition) is 4. The number of nitrogens with zero attached hydrogens (tertiary/aromatic N) is 1. The molecular formula is C30H30N2O4.